The van der Waals surface area contributed by atoms with Crippen molar-refractivity contribution >= 4 is 16.3 Å². The Morgan fingerprint density at radius 3 is 2.80 bits per heavy atom. The third-order valence-electron chi connectivity index (χ3n) is 4.23. The lowest BCUT2D eigenvalue weighted by Crippen LogP contribution is -2.47. The zero-order valence-corrected chi connectivity index (χ0v) is 14.8. The summed E-state index contributed by atoms with van der Waals surface area (Å²) in [6, 6.07) is 9.04. The van der Waals surface area contributed by atoms with Crippen LogP contribution < -0.4 is 15.2 Å². The summed E-state index contributed by atoms with van der Waals surface area (Å²) >= 11 is 1.36. The summed E-state index contributed by atoms with van der Waals surface area (Å²) in [7, 11) is 0. The third kappa shape index (κ3) is 2.84. The molecule has 0 bridgehead atoms. The number of rotatable bonds is 3. The molecule has 0 spiro atoms. The van der Waals surface area contributed by atoms with Gasteiger partial charge in [-0.3, -0.25) is 0 Å². The van der Waals surface area contributed by atoms with Gasteiger partial charge in [-0.15, -0.1) is 0 Å². The van der Waals surface area contributed by atoms with Crippen molar-refractivity contribution in [3.05, 3.63) is 52.3 Å². The topological polar surface area (TPSA) is 66.9 Å². The van der Waals surface area contributed by atoms with Gasteiger partial charge in [0.15, 0.2) is 5.79 Å². The second-order valence-electron chi connectivity index (χ2n) is 6.47. The molecular formula is C18H18N2O4S. The maximum absolute atomic E-state index is 13.1. The van der Waals surface area contributed by atoms with E-state index in [9.17, 15) is 9.90 Å². The van der Waals surface area contributed by atoms with Crippen molar-refractivity contribution in [3.63, 3.8) is 0 Å². The summed E-state index contributed by atoms with van der Waals surface area (Å²) < 4.78 is 14.6. The van der Waals surface area contributed by atoms with Gasteiger partial charge in [0, 0.05) is 5.38 Å². The molecule has 0 radical (unpaired) electrons. The van der Waals surface area contributed by atoms with E-state index in [2.05, 4.69) is 0 Å². The Morgan fingerprint density at radius 2 is 2.12 bits per heavy atom. The highest BCUT2D eigenvalue weighted by molar-refractivity contribution is 7.14. The molecule has 1 atom stereocenters. The van der Waals surface area contributed by atoms with Gasteiger partial charge < -0.3 is 14.6 Å². The lowest BCUT2D eigenvalue weighted by molar-refractivity contribution is -0.719. The molecule has 1 aromatic carbocycles. The molecular weight excluding hydrogens is 340 g/mol. The Bertz CT molecular complexity index is 978. The van der Waals surface area contributed by atoms with Gasteiger partial charge in [-0.1, -0.05) is 41.7 Å². The first-order chi connectivity index (χ1) is 12.0. The molecule has 0 N–H and O–H groups in total. The minimum absolute atomic E-state index is 0.176. The Morgan fingerprint density at radius 1 is 1.36 bits per heavy atom. The molecule has 1 aliphatic rings. The average molecular weight is 358 g/mol. The Labute approximate surface area is 148 Å². The molecule has 7 heteroatoms. The van der Waals surface area contributed by atoms with E-state index in [1.54, 1.807) is 28.3 Å². The van der Waals surface area contributed by atoms with Gasteiger partial charge in [0.1, 0.15) is 24.4 Å². The fraction of sp³-hybridized carbons (Fsp3) is 0.333. The molecule has 3 aromatic rings. The van der Waals surface area contributed by atoms with Gasteiger partial charge in [-0.25, -0.2) is 9.36 Å². The molecule has 1 saturated heterocycles. The molecule has 2 aromatic heterocycles. The predicted octanol–water partition coefficient (Wildman–Crippen LogP) is 1.54. The summed E-state index contributed by atoms with van der Waals surface area (Å²) in [5.41, 5.74) is 0.498. The number of ether oxygens (including phenoxy) is 2. The number of hydrogen-bond acceptors (Lipinski definition) is 5. The molecule has 1 aliphatic heterocycles. The third-order valence-corrected chi connectivity index (χ3v) is 5.11. The number of fused-ring (bicyclic) bond motifs is 1. The molecule has 1 unspecified atom stereocenters. The number of benzene rings is 1. The first kappa shape index (κ1) is 16.3. The first-order valence-corrected chi connectivity index (χ1v) is 8.94. The molecule has 3 heterocycles. The van der Waals surface area contributed by atoms with Gasteiger partial charge in [-0.05, 0) is 19.4 Å². The number of thiazole rings is 1. The maximum atomic E-state index is 13.1. The fourth-order valence-electron chi connectivity index (χ4n) is 3.12. The molecule has 1 fully saturated rings. The van der Waals surface area contributed by atoms with E-state index in [4.69, 9.17) is 9.47 Å². The van der Waals surface area contributed by atoms with Crippen molar-refractivity contribution in [2.75, 3.05) is 6.61 Å². The standard InChI is InChI=1S/C18H18N2O4S/c1-18(2)23-11-13(24-18)10-20-16(22)14(12-6-4-3-5-7-12)15(21)19-8-9-25-17(19)20/h3-9,13H,10-11H2,1-2H3. The lowest BCUT2D eigenvalue weighted by Gasteiger charge is -2.19. The quantitative estimate of drug-likeness (QED) is 0.666. The zero-order chi connectivity index (χ0) is 17.6. The minimum atomic E-state index is -0.656. The van der Waals surface area contributed by atoms with Crippen LogP contribution in [0, 0.1) is 0 Å². The number of nitrogens with zero attached hydrogens (tertiary/aromatic N) is 2. The molecule has 130 valence electrons. The van der Waals surface area contributed by atoms with E-state index >= 15 is 0 Å². The SMILES string of the molecule is CC1(C)OCC(C[n+]2c([O-])c(-c3ccccc3)c(=O)n3ccsc32)O1. The average Bonchev–Trinajstić information content (AvgIpc) is 3.19. The van der Waals surface area contributed by atoms with Gasteiger partial charge in [0.05, 0.1) is 12.5 Å². The van der Waals surface area contributed by atoms with Crippen LogP contribution in [0.3, 0.4) is 0 Å². The van der Waals surface area contributed by atoms with Crippen LogP contribution in [-0.4, -0.2) is 22.9 Å². The van der Waals surface area contributed by atoms with Crippen molar-refractivity contribution in [1.82, 2.24) is 4.40 Å². The van der Waals surface area contributed by atoms with Crippen LogP contribution in [0.1, 0.15) is 13.8 Å². The monoisotopic (exact) mass is 358 g/mol. The van der Waals surface area contributed by atoms with E-state index < -0.39 is 5.79 Å². The van der Waals surface area contributed by atoms with Crippen molar-refractivity contribution in [3.8, 4) is 17.0 Å². The molecule has 0 saturated carbocycles. The summed E-state index contributed by atoms with van der Waals surface area (Å²) in [5.74, 6) is -0.955. The molecule has 4 rings (SSSR count). The van der Waals surface area contributed by atoms with Crippen LogP contribution in [0.15, 0.2) is 46.7 Å². The van der Waals surface area contributed by atoms with E-state index in [0.717, 1.165) is 0 Å². The normalized spacial score (nSPS) is 19.5. The van der Waals surface area contributed by atoms with E-state index in [1.165, 1.54) is 15.7 Å². The summed E-state index contributed by atoms with van der Waals surface area (Å²) in [5, 5.41) is 14.9. The van der Waals surface area contributed by atoms with Crippen LogP contribution in [-0.2, 0) is 16.0 Å². The van der Waals surface area contributed by atoms with Gasteiger partial charge >= 0.3 is 10.5 Å². The lowest BCUT2D eigenvalue weighted by atomic mass is 10.1. The molecule has 25 heavy (non-hydrogen) atoms. The summed E-state index contributed by atoms with van der Waals surface area (Å²) in [4.78, 5) is 13.4. The van der Waals surface area contributed by atoms with Crippen molar-refractivity contribution < 1.29 is 19.1 Å². The number of aromatic nitrogens is 2. The van der Waals surface area contributed by atoms with Crippen LogP contribution in [0.25, 0.3) is 16.1 Å². The highest BCUT2D eigenvalue weighted by Gasteiger charge is 2.35. The Kier molecular flexibility index (Phi) is 3.87. The molecule has 0 aliphatic carbocycles. The maximum Gasteiger partial charge on any atom is 0.350 e. The fourth-order valence-corrected chi connectivity index (χ4v) is 3.97. The zero-order valence-electron chi connectivity index (χ0n) is 14.0. The highest BCUT2D eigenvalue weighted by Crippen LogP contribution is 2.25. The van der Waals surface area contributed by atoms with E-state index in [1.807, 2.05) is 32.0 Å². The van der Waals surface area contributed by atoms with E-state index in [-0.39, 0.29) is 23.1 Å². The van der Waals surface area contributed by atoms with Crippen molar-refractivity contribution in [2.24, 2.45) is 0 Å². The van der Waals surface area contributed by atoms with Crippen molar-refractivity contribution in [1.29, 1.82) is 0 Å². The molecule has 6 nitrogen and oxygen atoms in total. The highest BCUT2D eigenvalue weighted by atomic mass is 32.1. The summed E-state index contributed by atoms with van der Waals surface area (Å²) in [6.07, 6.45) is 1.46. The predicted molar refractivity (Wildman–Crippen MR) is 91.5 cm³/mol. The second-order valence-corrected chi connectivity index (χ2v) is 7.34. The van der Waals surface area contributed by atoms with E-state index in [0.29, 0.717) is 23.7 Å². The van der Waals surface area contributed by atoms with Crippen LogP contribution >= 0.6 is 11.3 Å². The van der Waals surface area contributed by atoms with Gasteiger partial charge in [-0.2, -0.15) is 4.40 Å². The first-order valence-electron chi connectivity index (χ1n) is 8.06. The van der Waals surface area contributed by atoms with Crippen molar-refractivity contribution in [2.45, 2.75) is 32.3 Å². The minimum Gasteiger partial charge on any atom is -0.842 e. The Hall–Kier alpha value is -2.22. The largest absolute Gasteiger partial charge is 0.842 e. The number of hydrogen-bond donors (Lipinski definition) is 0. The summed E-state index contributed by atoms with van der Waals surface area (Å²) in [6.45, 7) is 4.45. The smallest absolute Gasteiger partial charge is 0.350 e. The second kappa shape index (κ2) is 5.94. The molecule has 0 amide bonds. The van der Waals surface area contributed by atoms with Gasteiger partial charge in [0.25, 0.3) is 0 Å². The van der Waals surface area contributed by atoms with Gasteiger partial charge in [0.2, 0.25) is 0 Å². The Balaban J connectivity index is 1.86. The van der Waals surface area contributed by atoms with Crippen LogP contribution in [0.2, 0.25) is 0 Å². The van der Waals surface area contributed by atoms with Crippen LogP contribution in [0.4, 0.5) is 0 Å². The van der Waals surface area contributed by atoms with Crippen LogP contribution in [0.5, 0.6) is 5.88 Å².